The number of halogens is 2. The van der Waals surface area contributed by atoms with Gasteiger partial charge in [0.1, 0.15) is 17.7 Å². The molecule has 31 heavy (non-hydrogen) atoms. The third kappa shape index (κ3) is 5.52. The minimum Gasteiger partial charge on any atom is -0.490 e. The van der Waals surface area contributed by atoms with Crippen molar-refractivity contribution in [1.29, 1.82) is 5.26 Å². The minimum absolute atomic E-state index is 0.238. The van der Waals surface area contributed by atoms with Gasteiger partial charge in [-0.25, -0.2) is 14.2 Å². The molecular weight excluding hydrogens is 516 g/mol. The zero-order valence-electron chi connectivity index (χ0n) is 16.9. The van der Waals surface area contributed by atoms with E-state index in [0.29, 0.717) is 44.1 Å². The van der Waals surface area contributed by atoms with E-state index < -0.39 is 5.97 Å². The van der Waals surface area contributed by atoms with Gasteiger partial charge in [-0.3, -0.25) is 0 Å². The van der Waals surface area contributed by atoms with Crippen molar-refractivity contribution in [2.45, 2.75) is 13.8 Å². The van der Waals surface area contributed by atoms with Crippen molar-refractivity contribution in [2.75, 3.05) is 19.8 Å². The fraction of sp³-hybridized carbons (Fsp3) is 0.227. The Morgan fingerprint density at radius 2 is 2.06 bits per heavy atom. The van der Waals surface area contributed by atoms with Crippen molar-refractivity contribution >= 4 is 51.2 Å². The molecule has 0 spiro atoms. The lowest BCUT2D eigenvalue weighted by atomic mass is 10.1. The summed E-state index contributed by atoms with van der Waals surface area (Å²) >= 11 is 2.07. The zero-order chi connectivity index (χ0) is 22.4. The number of nitrogens with one attached hydrogen (secondary N) is 1. The number of H-pyrrole nitrogens is 1. The SMILES string of the molecule is CCOC(=O)COc1c(I)cc(/C=C(/C#N)c2nc3ccc(F)cc3[nH]2)cc1OCC. The van der Waals surface area contributed by atoms with Crippen LogP contribution in [0.3, 0.4) is 0 Å². The summed E-state index contributed by atoms with van der Waals surface area (Å²) in [4.78, 5) is 19.0. The molecule has 0 unspecified atom stereocenters. The van der Waals surface area contributed by atoms with E-state index in [9.17, 15) is 14.4 Å². The second-order valence-electron chi connectivity index (χ2n) is 6.27. The second kappa shape index (κ2) is 10.3. The minimum atomic E-state index is -0.474. The highest BCUT2D eigenvalue weighted by atomic mass is 127. The molecular formula is C22H19FIN3O4. The zero-order valence-corrected chi connectivity index (χ0v) is 19.0. The number of benzene rings is 2. The van der Waals surface area contributed by atoms with Crippen molar-refractivity contribution in [3.63, 3.8) is 0 Å². The van der Waals surface area contributed by atoms with Gasteiger partial charge >= 0.3 is 5.97 Å². The Morgan fingerprint density at radius 3 is 2.77 bits per heavy atom. The summed E-state index contributed by atoms with van der Waals surface area (Å²) in [7, 11) is 0. The van der Waals surface area contributed by atoms with E-state index in [4.69, 9.17) is 14.2 Å². The molecule has 0 fully saturated rings. The summed E-state index contributed by atoms with van der Waals surface area (Å²) in [6.45, 7) is 3.97. The molecule has 1 heterocycles. The van der Waals surface area contributed by atoms with Crippen LogP contribution in [0.5, 0.6) is 11.5 Å². The van der Waals surface area contributed by atoms with Gasteiger partial charge in [0.15, 0.2) is 18.1 Å². The maximum Gasteiger partial charge on any atom is 0.344 e. The number of carbonyl (C=O) groups excluding carboxylic acids is 1. The largest absolute Gasteiger partial charge is 0.490 e. The van der Waals surface area contributed by atoms with E-state index in [-0.39, 0.29) is 24.6 Å². The first-order valence-corrected chi connectivity index (χ1v) is 10.5. The average molecular weight is 535 g/mol. The van der Waals surface area contributed by atoms with Crippen LogP contribution in [0, 0.1) is 20.7 Å². The van der Waals surface area contributed by atoms with E-state index in [1.54, 1.807) is 31.2 Å². The molecule has 9 heteroatoms. The number of ether oxygens (including phenoxy) is 3. The maximum atomic E-state index is 13.4. The first-order valence-electron chi connectivity index (χ1n) is 9.47. The molecule has 0 bridgehead atoms. The van der Waals surface area contributed by atoms with Gasteiger partial charge in [-0.15, -0.1) is 0 Å². The standard InChI is InChI=1S/C22H19FIN3O4/c1-3-29-19-9-13(8-16(24)21(19)31-12-20(28)30-4-2)7-14(11-25)22-26-17-6-5-15(23)10-18(17)27-22/h5-10H,3-4,12H2,1-2H3,(H,26,27)/b14-7-. The number of hydrogen-bond acceptors (Lipinski definition) is 6. The number of nitriles is 1. The molecule has 3 rings (SSSR count). The van der Waals surface area contributed by atoms with Crippen LogP contribution >= 0.6 is 22.6 Å². The number of rotatable bonds is 8. The molecule has 1 N–H and O–H groups in total. The van der Waals surface area contributed by atoms with Gasteiger partial charge in [0.2, 0.25) is 0 Å². The monoisotopic (exact) mass is 535 g/mol. The number of allylic oxidation sites excluding steroid dienone is 1. The highest BCUT2D eigenvalue weighted by molar-refractivity contribution is 14.1. The van der Waals surface area contributed by atoms with Crippen LogP contribution in [0.1, 0.15) is 25.2 Å². The Hall–Kier alpha value is -3.13. The Balaban J connectivity index is 1.95. The molecule has 0 aliphatic carbocycles. The summed E-state index contributed by atoms with van der Waals surface area (Å²) in [5, 5.41) is 9.65. The summed E-state index contributed by atoms with van der Waals surface area (Å²) in [6.07, 6.45) is 1.65. The van der Waals surface area contributed by atoms with Crippen LogP contribution in [0.15, 0.2) is 30.3 Å². The first-order chi connectivity index (χ1) is 14.9. The molecule has 160 valence electrons. The number of hydrogen-bond donors (Lipinski definition) is 1. The molecule has 0 aliphatic rings. The highest BCUT2D eigenvalue weighted by Gasteiger charge is 2.15. The fourth-order valence-corrected chi connectivity index (χ4v) is 3.62. The molecule has 1 aromatic heterocycles. The highest BCUT2D eigenvalue weighted by Crippen LogP contribution is 2.35. The van der Waals surface area contributed by atoms with Crippen molar-refractivity contribution in [2.24, 2.45) is 0 Å². The van der Waals surface area contributed by atoms with Gasteiger partial charge in [-0.1, -0.05) is 0 Å². The van der Waals surface area contributed by atoms with Crippen LogP contribution in [-0.2, 0) is 9.53 Å². The molecule has 7 nitrogen and oxygen atoms in total. The smallest absolute Gasteiger partial charge is 0.344 e. The fourth-order valence-electron chi connectivity index (χ4n) is 2.84. The van der Waals surface area contributed by atoms with Crippen LogP contribution in [-0.4, -0.2) is 35.8 Å². The van der Waals surface area contributed by atoms with Gasteiger partial charge in [-0.2, -0.15) is 5.26 Å². The normalized spacial score (nSPS) is 11.3. The number of nitrogens with zero attached hydrogens (tertiary/aromatic N) is 2. The van der Waals surface area contributed by atoms with Crippen molar-refractivity contribution in [3.05, 3.63) is 51.1 Å². The summed E-state index contributed by atoms with van der Waals surface area (Å²) in [5.41, 5.74) is 2.02. The molecule has 0 radical (unpaired) electrons. The van der Waals surface area contributed by atoms with Gasteiger partial charge in [-0.05, 0) is 78.4 Å². The number of fused-ring (bicyclic) bond motifs is 1. The van der Waals surface area contributed by atoms with Gasteiger partial charge in [0.05, 0.1) is 33.4 Å². The maximum absolute atomic E-state index is 13.4. The number of carbonyl (C=O) groups is 1. The van der Waals surface area contributed by atoms with E-state index >= 15 is 0 Å². The molecule has 2 aromatic carbocycles. The lowest BCUT2D eigenvalue weighted by molar-refractivity contribution is -0.145. The molecule has 0 saturated heterocycles. The van der Waals surface area contributed by atoms with Crippen LogP contribution in [0.25, 0.3) is 22.7 Å². The second-order valence-corrected chi connectivity index (χ2v) is 7.44. The molecule has 0 atom stereocenters. The lowest BCUT2D eigenvalue weighted by Gasteiger charge is -2.14. The summed E-state index contributed by atoms with van der Waals surface area (Å²) < 4.78 is 30.3. The molecule has 0 saturated carbocycles. The predicted octanol–water partition coefficient (Wildman–Crippen LogP) is 4.71. The van der Waals surface area contributed by atoms with Crippen LogP contribution in [0.2, 0.25) is 0 Å². The van der Waals surface area contributed by atoms with Gasteiger partial charge in [0.25, 0.3) is 0 Å². The Labute approximate surface area is 192 Å². The number of imidazole rings is 1. The van der Waals surface area contributed by atoms with E-state index in [1.807, 2.05) is 6.92 Å². The summed E-state index contributed by atoms with van der Waals surface area (Å²) in [5.74, 6) is 0.329. The summed E-state index contributed by atoms with van der Waals surface area (Å²) in [6, 6.07) is 9.82. The topological polar surface area (TPSA) is 97.2 Å². The van der Waals surface area contributed by atoms with E-state index in [2.05, 4.69) is 38.6 Å². The van der Waals surface area contributed by atoms with E-state index in [1.165, 1.54) is 12.1 Å². The average Bonchev–Trinajstić information content (AvgIpc) is 3.14. The first kappa shape index (κ1) is 22.6. The Kier molecular flexibility index (Phi) is 7.46. The van der Waals surface area contributed by atoms with Crippen LogP contribution in [0.4, 0.5) is 4.39 Å². The lowest BCUT2D eigenvalue weighted by Crippen LogP contribution is -2.15. The van der Waals surface area contributed by atoms with Crippen LogP contribution < -0.4 is 9.47 Å². The quantitative estimate of drug-likeness (QED) is 0.255. The Morgan fingerprint density at radius 1 is 1.26 bits per heavy atom. The van der Waals surface area contributed by atoms with E-state index in [0.717, 1.165) is 0 Å². The van der Waals surface area contributed by atoms with Gasteiger partial charge < -0.3 is 19.2 Å². The predicted molar refractivity (Wildman–Crippen MR) is 122 cm³/mol. The number of esters is 1. The molecule has 0 aliphatic heterocycles. The molecule has 3 aromatic rings. The third-order valence-corrected chi connectivity index (χ3v) is 4.90. The van der Waals surface area contributed by atoms with Crippen molar-refractivity contribution < 1.29 is 23.4 Å². The number of aromatic nitrogens is 2. The van der Waals surface area contributed by atoms with Crippen molar-refractivity contribution in [1.82, 2.24) is 9.97 Å². The third-order valence-electron chi connectivity index (χ3n) is 4.10. The Bertz CT molecular complexity index is 1180. The number of aromatic amines is 1. The van der Waals surface area contributed by atoms with Crippen molar-refractivity contribution in [3.8, 4) is 17.6 Å². The molecule has 0 amide bonds. The van der Waals surface area contributed by atoms with Gasteiger partial charge in [0, 0.05) is 0 Å².